The zero-order valence-electron chi connectivity index (χ0n) is 12.8. The molecular weight excluding hydrogens is 323 g/mol. The summed E-state index contributed by atoms with van der Waals surface area (Å²) in [6.07, 6.45) is 4.13. The number of hydrogen-bond acceptors (Lipinski definition) is 2. The summed E-state index contributed by atoms with van der Waals surface area (Å²) in [6, 6.07) is 5.64. The van der Waals surface area contributed by atoms with Crippen molar-refractivity contribution in [2.45, 2.75) is 38.3 Å². The molecule has 0 aromatic heterocycles. The van der Waals surface area contributed by atoms with Crippen LogP contribution in [0, 0.1) is 0 Å². The monoisotopic (exact) mass is 344 g/mol. The van der Waals surface area contributed by atoms with E-state index in [-0.39, 0.29) is 12.1 Å². The van der Waals surface area contributed by atoms with Gasteiger partial charge >= 0.3 is 6.03 Å². The topological polar surface area (TPSA) is 41.6 Å². The first-order valence-electron chi connectivity index (χ1n) is 7.59. The highest BCUT2D eigenvalue weighted by atomic mass is 35.5. The molecule has 22 heavy (non-hydrogen) atoms. The van der Waals surface area contributed by atoms with Crippen LogP contribution in [-0.2, 0) is 11.3 Å². The number of methoxy groups -OCH3 is 1. The normalized spacial score (nSPS) is 18.3. The number of carbonyl (C=O) groups excluding carboxylic acids is 1. The molecular formula is C16H22Cl2N2O2. The summed E-state index contributed by atoms with van der Waals surface area (Å²) < 4.78 is 5.14. The van der Waals surface area contributed by atoms with Gasteiger partial charge in [0, 0.05) is 32.8 Å². The second-order valence-corrected chi connectivity index (χ2v) is 6.28. The van der Waals surface area contributed by atoms with E-state index in [1.165, 1.54) is 0 Å². The van der Waals surface area contributed by atoms with Crippen LogP contribution in [0.5, 0.6) is 0 Å². The maximum absolute atomic E-state index is 12.4. The van der Waals surface area contributed by atoms with Gasteiger partial charge in [0.25, 0.3) is 0 Å². The van der Waals surface area contributed by atoms with Crippen LogP contribution in [0.4, 0.5) is 4.79 Å². The summed E-state index contributed by atoms with van der Waals surface area (Å²) in [5, 5.41) is 3.95. The minimum Gasteiger partial charge on any atom is -0.385 e. The minimum atomic E-state index is -0.0446. The zero-order chi connectivity index (χ0) is 15.9. The molecule has 1 atom stereocenters. The van der Waals surface area contributed by atoms with Gasteiger partial charge in [0.05, 0.1) is 10.0 Å². The molecule has 1 aliphatic heterocycles. The fourth-order valence-electron chi connectivity index (χ4n) is 2.78. The first-order chi connectivity index (χ1) is 10.6. The van der Waals surface area contributed by atoms with Crippen molar-refractivity contribution in [3.8, 4) is 0 Å². The molecule has 1 aromatic carbocycles. The zero-order valence-corrected chi connectivity index (χ0v) is 14.3. The van der Waals surface area contributed by atoms with E-state index in [1.54, 1.807) is 13.2 Å². The van der Waals surface area contributed by atoms with Crippen molar-refractivity contribution in [2.75, 3.05) is 20.3 Å². The molecule has 0 aliphatic carbocycles. The van der Waals surface area contributed by atoms with Crippen LogP contribution >= 0.6 is 23.2 Å². The van der Waals surface area contributed by atoms with Gasteiger partial charge in [0.1, 0.15) is 0 Å². The molecule has 1 fully saturated rings. The number of amides is 2. The third-order valence-electron chi connectivity index (χ3n) is 4.00. The Morgan fingerprint density at radius 3 is 3.00 bits per heavy atom. The van der Waals surface area contributed by atoms with Crippen LogP contribution in [-0.4, -0.2) is 37.2 Å². The third kappa shape index (κ3) is 4.51. The first kappa shape index (κ1) is 17.4. The third-order valence-corrected chi connectivity index (χ3v) is 4.86. The quantitative estimate of drug-likeness (QED) is 0.873. The Bertz CT molecular complexity index is 511. The van der Waals surface area contributed by atoms with Gasteiger partial charge < -0.3 is 15.0 Å². The summed E-state index contributed by atoms with van der Waals surface area (Å²) in [4.78, 5) is 14.4. The van der Waals surface area contributed by atoms with Gasteiger partial charge in [-0.25, -0.2) is 4.79 Å². The Morgan fingerprint density at radius 1 is 1.41 bits per heavy atom. The number of urea groups is 1. The molecule has 0 spiro atoms. The number of halogens is 2. The van der Waals surface area contributed by atoms with Crippen LogP contribution in [0.25, 0.3) is 0 Å². The van der Waals surface area contributed by atoms with Gasteiger partial charge in [-0.15, -0.1) is 0 Å². The molecule has 1 N–H and O–H groups in total. The molecule has 0 saturated carbocycles. The number of rotatable bonds is 5. The number of hydrogen-bond donors (Lipinski definition) is 1. The van der Waals surface area contributed by atoms with Crippen LogP contribution in [0.15, 0.2) is 18.2 Å². The van der Waals surface area contributed by atoms with Gasteiger partial charge in [-0.05, 0) is 37.3 Å². The first-order valence-corrected chi connectivity index (χ1v) is 8.35. The molecule has 1 aromatic rings. The van der Waals surface area contributed by atoms with E-state index in [9.17, 15) is 4.79 Å². The lowest BCUT2D eigenvalue weighted by Crippen LogP contribution is -2.48. The predicted molar refractivity (Wildman–Crippen MR) is 89.5 cm³/mol. The highest BCUT2D eigenvalue weighted by Gasteiger charge is 2.26. The second kappa shape index (κ2) is 8.61. The molecule has 0 unspecified atom stereocenters. The second-order valence-electron chi connectivity index (χ2n) is 5.50. The van der Waals surface area contributed by atoms with Gasteiger partial charge in [0.15, 0.2) is 0 Å². The van der Waals surface area contributed by atoms with Gasteiger partial charge in [-0.2, -0.15) is 0 Å². The van der Waals surface area contributed by atoms with Crippen molar-refractivity contribution in [1.29, 1.82) is 0 Å². The van der Waals surface area contributed by atoms with E-state index in [0.29, 0.717) is 23.2 Å². The van der Waals surface area contributed by atoms with Crippen molar-refractivity contribution in [3.05, 3.63) is 33.8 Å². The Hall–Kier alpha value is -0.970. The number of likely N-dealkylation sites (tertiary alicyclic amines) is 1. The van der Waals surface area contributed by atoms with Crippen molar-refractivity contribution in [2.24, 2.45) is 0 Å². The van der Waals surface area contributed by atoms with Crippen LogP contribution in [0.1, 0.15) is 31.2 Å². The highest BCUT2D eigenvalue weighted by molar-refractivity contribution is 6.42. The maximum atomic E-state index is 12.4. The number of piperidine rings is 1. The van der Waals surface area contributed by atoms with E-state index >= 15 is 0 Å². The lowest BCUT2D eigenvalue weighted by molar-refractivity contribution is 0.116. The summed E-state index contributed by atoms with van der Waals surface area (Å²) in [5.74, 6) is 0. The van der Waals surface area contributed by atoms with E-state index in [2.05, 4.69) is 5.32 Å². The van der Waals surface area contributed by atoms with Gasteiger partial charge in [0.2, 0.25) is 0 Å². The van der Waals surface area contributed by atoms with Gasteiger partial charge in [-0.3, -0.25) is 0 Å². The number of nitrogens with one attached hydrogen (secondary N) is 1. The average molecular weight is 345 g/mol. The Labute approximate surface area is 141 Å². The van der Waals surface area contributed by atoms with Crippen LogP contribution in [0.2, 0.25) is 10.0 Å². The summed E-state index contributed by atoms with van der Waals surface area (Å²) in [5.41, 5.74) is 0.827. The summed E-state index contributed by atoms with van der Waals surface area (Å²) >= 11 is 12.1. The molecule has 1 aliphatic rings. The Balaban J connectivity index is 1.93. The lowest BCUT2D eigenvalue weighted by atomic mass is 10.00. The SMILES string of the molecule is COCC[C@H]1CCCCN1C(=O)NCc1cccc(Cl)c1Cl. The minimum absolute atomic E-state index is 0.0446. The van der Waals surface area contributed by atoms with Crippen LogP contribution in [0.3, 0.4) is 0 Å². The van der Waals surface area contributed by atoms with Crippen molar-refractivity contribution in [1.82, 2.24) is 10.2 Å². The number of carbonyl (C=O) groups is 1. The average Bonchev–Trinajstić information content (AvgIpc) is 2.54. The largest absolute Gasteiger partial charge is 0.385 e. The summed E-state index contributed by atoms with van der Waals surface area (Å²) in [7, 11) is 1.69. The Kier molecular flexibility index (Phi) is 6.80. The standard InChI is InChI=1S/C16H22Cl2N2O2/c1-22-10-8-13-6-2-3-9-20(13)16(21)19-11-12-5-4-7-14(17)15(12)18/h4-5,7,13H,2-3,6,8-11H2,1H3,(H,19,21)/t13-/m1/s1. The molecule has 2 amide bonds. The molecule has 0 bridgehead atoms. The summed E-state index contributed by atoms with van der Waals surface area (Å²) in [6.45, 7) is 1.85. The Morgan fingerprint density at radius 2 is 2.23 bits per heavy atom. The molecule has 1 heterocycles. The van der Waals surface area contributed by atoms with Crippen LogP contribution < -0.4 is 5.32 Å². The van der Waals surface area contributed by atoms with Crippen molar-refractivity contribution < 1.29 is 9.53 Å². The molecule has 0 radical (unpaired) electrons. The van der Waals surface area contributed by atoms with E-state index in [1.807, 2.05) is 17.0 Å². The number of ether oxygens (including phenoxy) is 1. The van der Waals surface area contributed by atoms with Gasteiger partial charge in [-0.1, -0.05) is 35.3 Å². The number of benzene rings is 1. The molecule has 1 saturated heterocycles. The molecule has 6 heteroatoms. The molecule has 122 valence electrons. The van der Waals surface area contributed by atoms with Crippen molar-refractivity contribution >= 4 is 29.2 Å². The molecule has 4 nitrogen and oxygen atoms in total. The smallest absolute Gasteiger partial charge is 0.317 e. The highest BCUT2D eigenvalue weighted by Crippen LogP contribution is 2.25. The maximum Gasteiger partial charge on any atom is 0.317 e. The van der Waals surface area contributed by atoms with Crippen molar-refractivity contribution in [3.63, 3.8) is 0 Å². The number of nitrogens with zero attached hydrogens (tertiary/aromatic N) is 1. The van der Waals surface area contributed by atoms with E-state index in [0.717, 1.165) is 37.8 Å². The van der Waals surface area contributed by atoms with E-state index < -0.39 is 0 Å². The predicted octanol–water partition coefficient (Wildman–Crippen LogP) is 4.09. The fourth-order valence-corrected chi connectivity index (χ4v) is 3.17. The lowest BCUT2D eigenvalue weighted by Gasteiger charge is -2.35. The molecule has 2 rings (SSSR count). The fraction of sp³-hybridized carbons (Fsp3) is 0.562. The van der Waals surface area contributed by atoms with E-state index in [4.69, 9.17) is 27.9 Å².